The molecule has 0 radical (unpaired) electrons. The summed E-state index contributed by atoms with van der Waals surface area (Å²) in [6, 6.07) is 0. The average Bonchev–Trinajstić information content (AvgIpc) is 2.88. The van der Waals surface area contributed by atoms with E-state index in [-0.39, 0.29) is 0 Å². The molecule has 0 N–H and O–H groups in total. The van der Waals surface area contributed by atoms with Gasteiger partial charge in [-0.2, -0.15) is 0 Å². The maximum Gasteiger partial charge on any atom is -0.00851 e. The molecule has 0 heteroatoms. The molecule has 0 bridgehead atoms. The molecule has 4 aliphatic rings. The molecule has 0 aliphatic heterocycles. The molecular weight excluding hydrogens is 252 g/mol. The Morgan fingerprint density at radius 1 is 1.05 bits per heavy atom. The molecule has 0 aromatic carbocycles. The van der Waals surface area contributed by atoms with Crippen LogP contribution in [0.3, 0.4) is 0 Å². The molecule has 3 fully saturated rings. The van der Waals surface area contributed by atoms with Crippen LogP contribution in [0.1, 0.15) is 78.6 Å². The van der Waals surface area contributed by atoms with Gasteiger partial charge in [-0.3, -0.25) is 0 Å². The van der Waals surface area contributed by atoms with Crippen molar-refractivity contribution in [2.45, 2.75) is 78.6 Å². The van der Waals surface area contributed by atoms with Gasteiger partial charge in [0.2, 0.25) is 0 Å². The highest BCUT2D eigenvalue weighted by atomic mass is 14.6. The Morgan fingerprint density at radius 2 is 1.86 bits per heavy atom. The number of hydrogen-bond acceptors (Lipinski definition) is 0. The number of rotatable bonds is 1. The first-order valence-corrected chi connectivity index (χ1v) is 9.83. The minimum Gasteiger partial charge on any atom is -0.0845 e. The molecule has 0 heterocycles. The predicted octanol–water partition coefficient (Wildman–Crippen LogP) is 6.22. The van der Waals surface area contributed by atoms with Crippen LogP contribution in [0.15, 0.2) is 11.6 Å². The van der Waals surface area contributed by atoms with E-state index in [0.717, 1.165) is 35.5 Å². The van der Waals surface area contributed by atoms with Crippen LogP contribution in [0, 0.1) is 40.9 Å². The monoisotopic (exact) mass is 286 g/mol. The molecule has 0 aromatic rings. The average molecular weight is 287 g/mol. The molecule has 7 unspecified atom stereocenters. The topological polar surface area (TPSA) is 0 Å². The summed E-state index contributed by atoms with van der Waals surface area (Å²) in [7, 11) is 0. The lowest BCUT2D eigenvalue weighted by atomic mass is 9.49. The van der Waals surface area contributed by atoms with Crippen molar-refractivity contribution in [2.75, 3.05) is 0 Å². The second-order valence-corrected chi connectivity index (χ2v) is 9.13. The first kappa shape index (κ1) is 14.3. The molecule has 3 saturated carbocycles. The predicted molar refractivity (Wildman–Crippen MR) is 90.0 cm³/mol. The largest absolute Gasteiger partial charge is 0.0845 e. The molecule has 0 nitrogen and oxygen atoms in total. The normalized spacial score (nSPS) is 52.6. The van der Waals surface area contributed by atoms with Gasteiger partial charge in [0.05, 0.1) is 0 Å². The van der Waals surface area contributed by atoms with Gasteiger partial charge < -0.3 is 0 Å². The van der Waals surface area contributed by atoms with Crippen molar-refractivity contribution in [3.8, 4) is 0 Å². The van der Waals surface area contributed by atoms with E-state index in [1.165, 1.54) is 38.5 Å². The minimum absolute atomic E-state index is 0.589. The lowest BCUT2D eigenvalue weighted by molar-refractivity contribution is 0.00136. The number of allylic oxidation sites excluding steroid dienone is 2. The number of hydrogen-bond donors (Lipinski definition) is 0. The Kier molecular flexibility index (Phi) is 3.51. The van der Waals surface area contributed by atoms with Crippen LogP contribution in [0.4, 0.5) is 0 Å². The quantitative estimate of drug-likeness (QED) is 0.502. The van der Waals surface area contributed by atoms with Crippen LogP contribution in [0.5, 0.6) is 0 Å². The van der Waals surface area contributed by atoms with Gasteiger partial charge >= 0.3 is 0 Å². The van der Waals surface area contributed by atoms with Crippen LogP contribution in [-0.2, 0) is 0 Å². The molecule has 118 valence electrons. The van der Waals surface area contributed by atoms with Gasteiger partial charge in [-0.25, -0.2) is 0 Å². The molecule has 0 amide bonds. The van der Waals surface area contributed by atoms with Gasteiger partial charge in [-0.15, -0.1) is 0 Å². The highest BCUT2D eigenvalue weighted by Crippen LogP contribution is 2.62. The molecule has 0 saturated heterocycles. The maximum absolute atomic E-state index is 2.73. The summed E-state index contributed by atoms with van der Waals surface area (Å²) in [4.78, 5) is 0. The highest BCUT2D eigenvalue weighted by molar-refractivity contribution is 5.24. The van der Waals surface area contributed by atoms with Crippen molar-refractivity contribution in [1.29, 1.82) is 0 Å². The summed E-state index contributed by atoms with van der Waals surface area (Å²) in [6.07, 6.45) is 16.1. The zero-order chi connectivity index (χ0) is 14.6. The molecule has 4 rings (SSSR count). The second kappa shape index (κ2) is 5.14. The lowest BCUT2D eigenvalue weighted by Crippen LogP contribution is -2.46. The maximum atomic E-state index is 2.73. The number of fused-ring (bicyclic) bond motifs is 5. The molecule has 0 aromatic heterocycles. The fraction of sp³-hybridized carbons (Fsp3) is 0.905. The first-order valence-electron chi connectivity index (χ1n) is 9.83. The summed E-state index contributed by atoms with van der Waals surface area (Å²) in [5.41, 5.74) is 2.47. The Hall–Kier alpha value is -0.260. The Morgan fingerprint density at radius 3 is 2.67 bits per heavy atom. The fourth-order valence-corrected chi connectivity index (χ4v) is 7.03. The van der Waals surface area contributed by atoms with Crippen molar-refractivity contribution in [3.05, 3.63) is 11.6 Å². The smallest absolute Gasteiger partial charge is 0.00851 e. The van der Waals surface area contributed by atoms with Crippen molar-refractivity contribution in [2.24, 2.45) is 40.9 Å². The van der Waals surface area contributed by atoms with E-state index in [0.29, 0.717) is 5.41 Å². The van der Waals surface area contributed by atoms with Crippen molar-refractivity contribution >= 4 is 0 Å². The third-order valence-electron chi connectivity index (χ3n) is 8.46. The molecular formula is C21H34. The molecule has 0 spiro atoms. The van der Waals surface area contributed by atoms with Crippen molar-refractivity contribution in [1.82, 2.24) is 0 Å². The van der Waals surface area contributed by atoms with Gasteiger partial charge in [0.1, 0.15) is 0 Å². The first-order chi connectivity index (χ1) is 10.1. The Bertz CT molecular complexity index is 433. The van der Waals surface area contributed by atoms with Gasteiger partial charge in [0, 0.05) is 0 Å². The fourth-order valence-electron chi connectivity index (χ4n) is 7.03. The Balaban J connectivity index is 1.61. The SMILES string of the molecule is CCC1CCC2(C)C(=CCC3C4CCC(C)C4CCC32)C1. The standard InChI is InChI=1S/C21H34/c1-4-15-11-12-21(3)16(13-15)6-8-19-18-7-5-14(2)17(18)9-10-20(19)21/h6,14-15,17-20H,4-5,7-13H2,1-3H3. The van der Waals surface area contributed by atoms with Crippen LogP contribution in [-0.4, -0.2) is 0 Å². The summed E-state index contributed by atoms with van der Waals surface area (Å²) in [6.45, 7) is 7.58. The van der Waals surface area contributed by atoms with Crippen LogP contribution in [0.25, 0.3) is 0 Å². The third kappa shape index (κ3) is 2.07. The summed E-state index contributed by atoms with van der Waals surface area (Å²) in [5, 5.41) is 0. The zero-order valence-electron chi connectivity index (χ0n) is 14.4. The van der Waals surface area contributed by atoms with E-state index in [1.807, 2.05) is 5.57 Å². The van der Waals surface area contributed by atoms with Gasteiger partial charge in [-0.1, -0.05) is 45.3 Å². The summed E-state index contributed by atoms with van der Waals surface area (Å²) in [5.74, 6) is 6.24. The van der Waals surface area contributed by atoms with Crippen LogP contribution in [0.2, 0.25) is 0 Å². The summed E-state index contributed by atoms with van der Waals surface area (Å²) < 4.78 is 0. The van der Waals surface area contributed by atoms with E-state index in [9.17, 15) is 0 Å². The van der Waals surface area contributed by atoms with E-state index < -0.39 is 0 Å². The van der Waals surface area contributed by atoms with Crippen molar-refractivity contribution < 1.29 is 0 Å². The van der Waals surface area contributed by atoms with Crippen molar-refractivity contribution in [3.63, 3.8) is 0 Å². The van der Waals surface area contributed by atoms with E-state index in [4.69, 9.17) is 0 Å². The van der Waals surface area contributed by atoms with Gasteiger partial charge in [0.15, 0.2) is 0 Å². The molecule has 21 heavy (non-hydrogen) atoms. The van der Waals surface area contributed by atoms with Crippen LogP contribution < -0.4 is 0 Å². The van der Waals surface area contributed by atoms with E-state index in [2.05, 4.69) is 26.8 Å². The molecule has 7 atom stereocenters. The lowest BCUT2D eigenvalue weighted by Gasteiger charge is -2.55. The van der Waals surface area contributed by atoms with Gasteiger partial charge in [0.25, 0.3) is 0 Å². The van der Waals surface area contributed by atoms with Crippen LogP contribution >= 0.6 is 0 Å². The zero-order valence-corrected chi connectivity index (χ0v) is 14.4. The third-order valence-corrected chi connectivity index (χ3v) is 8.46. The minimum atomic E-state index is 0.589. The van der Waals surface area contributed by atoms with E-state index >= 15 is 0 Å². The Labute approximate surface area is 131 Å². The van der Waals surface area contributed by atoms with E-state index in [1.54, 1.807) is 19.3 Å². The summed E-state index contributed by atoms with van der Waals surface area (Å²) >= 11 is 0. The molecule has 4 aliphatic carbocycles. The highest BCUT2D eigenvalue weighted by Gasteiger charge is 2.53. The second-order valence-electron chi connectivity index (χ2n) is 9.13. The van der Waals surface area contributed by atoms with Gasteiger partial charge in [-0.05, 0) is 85.9 Å².